The minimum absolute atomic E-state index is 0.342. The Bertz CT molecular complexity index is 393. The zero-order chi connectivity index (χ0) is 12.5. The first kappa shape index (κ1) is 13.0. The maximum Gasteiger partial charge on any atom is 0.335 e. The summed E-state index contributed by atoms with van der Waals surface area (Å²) < 4.78 is 0. The Hall–Kier alpha value is -1.10. The molecule has 1 aromatic carbocycles. The number of benzene rings is 1. The van der Waals surface area contributed by atoms with Crippen LogP contribution in [0.25, 0.3) is 0 Å². The summed E-state index contributed by atoms with van der Waals surface area (Å²) >= 11 is 5.94. The summed E-state index contributed by atoms with van der Waals surface area (Å²) in [6.07, 6.45) is -3.29. The first-order valence-corrected chi connectivity index (χ1v) is 5.08. The molecule has 2 atom stereocenters. The van der Waals surface area contributed by atoms with Gasteiger partial charge in [0.25, 0.3) is 0 Å². The Labute approximate surface area is 98.1 Å². The first-order chi connectivity index (χ1) is 7.34. The third kappa shape index (κ3) is 2.52. The lowest BCUT2D eigenvalue weighted by Crippen LogP contribution is -2.27. The summed E-state index contributed by atoms with van der Waals surface area (Å²) in [5.41, 5.74) is 1.80. The Balaban J connectivity index is 3.10. The van der Waals surface area contributed by atoms with E-state index in [0.717, 1.165) is 11.1 Å². The van der Waals surface area contributed by atoms with Gasteiger partial charge in [-0.05, 0) is 30.5 Å². The molecule has 1 rings (SSSR count). The lowest BCUT2D eigenvalue weighted by molar-refractivity contribution is -0.153. The molecule has 0 aliphatic heterocycles. The van der Waals surface area contributed by atoms with Crippen LogP contribution in [0.4, 0.5) is 0 Å². The van der Waals surface area contributed by atoms with Gasteiger partial charge in [-0.3, -0.25) is 0 Å². The van der Waals surface area contributed by atoms with Crippen LogP contribution in [0.15, 0.2) is 12.1 Å². The van der Waals surface area contributed by atoms with Crippen molar-refractivity contribution >= 4 is 17.6 Å². The lowest BCUT2D eigenvalue weighted by Gasteiger charge is -2.16. The van der Waals surface area contributed by atoms with Crippen molar-refractivity contribution in [1.82, 2.24) is 0 Å². The molecule has 0 radical (unpaired) electrons. The van der Waals surface area contributed by atoms with Crippen molar-refractivity contribution in [3.05, 3.63) is 33.8 Å². The highest BCUT2D eigenvalue weighted by molar-refractivity contribution is 6.32. The number of carboxylic acids is 1. The van der Waals surface area contributed by atoms with Crippen LogP contribution in [0.3, 0.4) is 0 Å². The smallest absolute Gasteiger partial charge is 0.335 e. The monoisotopic (exact) mass is 244 g/mol. The molecule has 0 saturated heterocycles. The number of aliphatic hydroxyl groups excluding tert-OH is 2. The first-order valence-electron chi connectivity index (χ1n) is 4.70. The highest BCUT2D eigenvalue weighted by Gasteiger charge is 2.25. The molecule has 0 bridgehead atoms. The Morgan fingerprint density at radius 3 is 2.06 bits per heavy atom. The zero-order valence-corrected chi connectivity index (χ0v) is 9.69. The van der Waals surface area contributed by atoms with Crippen LogP contribution in [-0.4, -0.2) is 27.4 Å². The van der Waals surface area contributed by atoms with E-state index in [1.807, 2.05) is 0 Å². The predicted octanol–water partition coefficient (Wildman–Crippen LogP) is 1.44. The standard InChI is InChI=1S/C11H13ClO4/c1-5-3-7(4-6(2)8(5)12)9(13)10(14)11(15)16/h3-4,9-10,13-14H,1-2H3,(H,15,16). The molecule has 0 fully saturated rings. The molecule has 0 spiro atoms. The molecule has 0 aliphatic rings. The second-order valence-corrected chi connectivity index (χ2v) is 4.07. The molecule has 16 heavy (non-hydrogen) atoms. The van der Waals surface area contributed by atoms with Gasteiger partial charge in [0.2, 0.25) is 0 Å². The molecule has 4 nitrogen and oxygen atoms in total. The molecule has 0 aromatic heterocycles. The fourth-order valence-corrected chi connectivity index (χ4v) is 1.58. The summed E-state index contributed by atoms with van der Waals surface area (Å²) in [6.45, 7) is 3.50. The van der Waals surface area contributed by atoms with E-state index in [9.17, 15) is 15.0 Å². The number of halogens is 1. The number of hydrogen-bond donors (Lipinski definition) is 3. The third-order valence-electron chi connectivity index (χ3n) is 2.35. The summed E-state index contributed by atoms with van der Waals surface area (Å²) in [7, 11) is 0. The second-order valence-electron chi connectivity index (χ2n) is 3.70. The van der Waals surface area contributed by atoms with E-state index >= 15 is 0 Å². The number of hydrogen-bond acceptors (Lipinski definition) is 3. The Kier molecular flexibility index (Phi) is 3.91. The van der Waals surface area contributed by atoms with Crippen molar-refractivity contribution in [3.63, 3.8) is 0 Å². The van der Waals surface area contributed by atoms with Gasteiger partial charge >= 0.3 is 5.97 Å². The summed E-state index contributed by atoms with van der Waals surface area (Å²) in [5, 5.41) is 28.0. The van der Waals surface area contributed by atoms with Crippen molar-refractivity contribution in [1.29, 1.82) is 0 Å². The fourth-order valence-electron chi connectivity index (χ4n) is 1.47. The van der Waals surface area contributed by atoms with Gasteiger partial charge < -0.3 is 15.3 Å². The van der Waals surface area contributed by atoms with Crippen LogP contribution in [0.5, 0.6) is 0 Å². The number of aryl methyl sites for hydroxylation is 2. The van der Waals surface area contributed by atoms with Crippen molar-refractivity contribution < 1.29 is 20.1 Å². The minimum atomic E-state index is -1.83. The van der Waals surface area contributed by atoms with Gasteiger partial charge in [0.1, 0.15) is 6.10 Å². The van der Waals surface area contributed by atoms with E-state index in [-0.39, 0.29) is 0 Å². The number of rotatable bonds is 3. The Morgan fingerprint density at radius 2 is 1.69 bits per heavy atom. The average Bonchev–Trinajstić information content (AvgIpc) is 2.22. The van der Waals surface area contributed by atoms with E-state index < -0.39 is 18.2 Å². The summed E-state index contributed by atoms with van der Waals surface area (Å²) in [6, 6.07) is 3.12. The molecule has 5 heteroatoms. The van der Waals surface area contributed by atoms with Crippen LogP contribution in [0.1, 0.15) is 22.8 Å². The molecular weight excluding hydrogens is 232 g/mol. The fraction of sp³-hybridized carbons (Fsp3) is 0.364. The van der Waals surface area contributed by atoms with Gasteiger partial charge in [0, 0.05) is 5.02 Å². The molecule has 2 unspecified atom stereocenters. The molecule has 0 heterocycles. The maximum absolute atomic E-state index is 10.5. The summed E-state index contributed by atoms with van der Waals surface area (Å²) in [4.78, 5) is 10.5. The van der Waals surface area contributed by atoms with Crippen molar-refractivity contribution in [2.45, 2.75) is 26.1 Å². The predicted molar refractivity (Wildman–Crippen MR) is 59.5 cm³/mol. The molecular formula is C11H13ClO4. The van der Waals surface area contributed by atoms with Crippen molar-refractivity contribution in [2.75, 3.05) is 0 Å². The van der Waals surface area contributed by atoms with Crippen LogP contribution in [-0.2, 0) is 4.79 Å². The van der Waals surface area contributed by atoms with Gasteiger partial charge in [-0.2, -0.15) is 0 Å². The van der Waals surface area contributed by atoms with Gasteiger partial charge in [-0.1, -0.05) is 23.7 Å². The van der Waals surface area contributed by atoms with Crippen molar-refractivity contribution in [3.8, 4) is 0 Å². The van der Waals surface area contributed by atoms with Gasteiger partial charge in [0.05, 0.1) is 0 Å². The number of carbonyl (C=O) groups is 1. The normalized spacial score (nSPS) is 14.6. The molecule has 88 valence electrons. The van der Waals surface area contributed by atoms with E-state index in [1.165, 1.54) is 0 Å². The van der Waals surface area contributed by atoms with E-state index in [2.05, 4.69) is 0 Å². The van der Waals surface area contributed by atoms with Gasteiger partial charge in [-0.15, -0.1) is 0 Å². The maximum atomic E-state index is 10.5. The molecule has 1 aromatic rings. The van der Waals surface area contributed by atoms with E-state index in [1.54, 1.807) is 26.0 Å². The highest BCUT2D eigenvalue weighted by atomic mass is 35.5. The number of aliphatic hydroxyl groups is 2. The largest absolute Gasteiger partial charge is 0.479 e. The lowest BCUT2D eigenvalue weighted by atomic mass is 10.00. The topological polar surface area (TPSA) is 77.8 Å². The number of carboxylic acid groups (broad SMARTS) is 1. The average molecular weight is 245 g/mol. The van der Waals surface area contributed by atoms with Crippen molar-refractivity contribution in [2.24, 2.45) is 0 Å². The highest BCUT2D eigenvalue weighted by Crippen LogP contribution is 2.26. The molecule has 0 aliphatic carbocycles. The molecule has 0 saturated carbocycles. The zero-order valence-electron chi connectivity index (χ0n) is 8.94. The van der Waals surface area contributed by atoms with E-state index in [4.69, 9.17) is 16.7 Å². The quantitative estimate of drug-likeness (QED) is 0.752. The van der Waals surface area contributed by atoms with Crippen LogP contribution in [0.2, 0.25) is 5.02 Å². The number of aliphatic carboxylic acids is 1. The minimum Gasteiger partial charge on any atom is -0.479 e. The Morgan fingerprint density at radius 1 is 1.25 bits per heavy atom. The summed E-state index contributed by atoms with van der Waals surface area (Å²) in [5.74, 6) is -1.46. The third-order valence-corrected chi connectivity index (χ3v) is 2.95. The van der Waals surface area contributed by atoms with E-state index in [0.29, 0.717) is 10.6 Å². The molecule has 0 amide bonds. The van der Waals surface area contributed by atoms with Crippen LogP contribution >= 0.6 is 11.6 Å². The van der Waals surface area contributed by atoms with Gasteiger partial charge in [0.15, 0.2) is 6.10 Å². The van der Waals surface area contributed by atoms with Crippen LogP contribution in [0, 0.1) is 13.8 Å². The van der Waals surface area contributed by atoms with Gasteiger partial charge in [-0.25, -0.2) is 4.79 Å². The SMILES string of the molecule is Cc1cc(C(O)C(O)C(=O)O)cc(C)c1Cl. The molecule has 3 N–H and O–H groups in total. The van der Waals surface area contributed by atoms with Crippen LogP contribution < -0.4 is 0 Å². The second kappa shape index (κ2) is 4.82.